The maximum absolute atomic E-state index is 11.9. The molecule has 0 atom stereocenters. The van der Waals surface area contributed by atoms with Gasteiger partial charge in [-0.25, -0.2) is 0 Å². The zero-order valence-corrected chi connectivity index (χ0v) is 16.4. The first-order chi connectivity index (χ1) is 13.6. The Labute approximate surface area is 164 Å². The number of benzene rings is 2. The van der Waals surface area contributed by atoms with Crippen molar-refractivity contribution in [2.45, 2.75) is 6.54 Å². The Morgan fingerprint density at radius 3 is 2.14 bits per heavy atom. The summed E-state index contributed by atoms with van der Waals surface area (Å²) in [6.07, 6.45) is 1.49. The van der Waals surface area contributed by atoms with E-state index in [1.807, 2.05) is 6.07 Å². The summed E-state index contributed by atoms with van der Waals surface area (Å²) in [4.78, 5) is 16.9. The van der Waals surface area contributed by atoms with Gasteiger partial charge < -0.3 is 29.1 Å². The number of rotatable bonds is 10. The minimum atomic E-state index is -0.292. The van der Waals surface area contributed by atoms with Crippen molar-refractivity contribution in [2.75, 3.05) is 35.0 Å². The molecule has 0 aliphatic carbocycles. The Balaban J connectivity index is 1.80. The molecule has 8 heteroatoms. The molecule has 0 heterocycles. The third-order valence-corrected chi connectivity index (χ3v) is 3.82. The van der Waals surface area contributed by atoms with Crippen LogP contribution < -0.4 is 24.3 Å². The molecule has 0 aliphatic heterocycles. The van der Waals surface area contributed by atoms with Gasteiger partial charge in [0.25, 0.3) is 5.91 Å². The van der Waals surface area contributed by atoms with Crippen LogP contribution in [0, 0.1) is 0 Å². The molecular formula is C20H24N2O6. The number of carbonyl (C=O) groups excluding carboxylic acids is 1. The third-order valence-electron chi connectivity index (χ3n) is 3.82. The molecule has 2 aromatic rings. The molecule has 8 nitrogen and oxygen atoms in total. The summed E-state index contributed by atoms with van der Waals surface area (Å²) < 4.78 is 20.8. The SMILES string of the molecule is COc1ccc(/C=N/OCC(=O)NCc2ccc(OC)c(OC)c2)cc1OC. The van der Waals surface area contributed by atoms with Gasteiger partial charge in [0, 0.05) is 12.1 Å². The minimum absolute atomic E-state index is 0.197. The highest BCUT2D eigenvalue weighted by molar-refractivity contribution is 5.81. The van der Waals surface area contributed by atoms with Crippen LogP contribution in [0.3, 0.4) is 0 Å². The molecule has 0 aliphatic rings. The van der Waals surface area contributed by atoms with Crippen LogP contribution in [0.4, 0.5) is 0 Å². The summed E-state index contributed by atoms with van der Waals surface area (Å²) in [7, 11) is 6.25. The van der Waals surface area contributed by atoms with E-state index in [1.54, 1.807) is 58.8 Å². The molecule has 28 heavy (non-hydrogen) atoms. The van der Waals surface area contributed by atoms with E-state index in [-0.39, 0.29) is 12.5 Å². The topological polar surface area (TPSA) is 87.6 Å². The molecule has 1 N–H and O–H groups in total. The minimum Gasteiger partial charge on any atom is -0.493 e. The van der Waals surface area contributed by atoms with Crippen molar-refractivity contribution in [3.63, 3.8) is 0 Å². The first-order valence-electron chi connectivity index (χ1n) is 8.46. The molecule has 2 rings (SSSR count). The second-order valence-corrected chi connectivity index (χ2v) is 5.59. The lowest BCUT2D eigenvalue weighted by atomic mass is 10.2. The van der Waals surface area contributed by atoms with Gasteiger partial charge in [-0.15, -0.1) is 0 Å². The highest BCUT2D eigenvalue weighted by atomic mass is 16.6. The zero-order chi connectivity index (χ0) is 20.4. The monoisotopic (exact) mass is 388 g/mol. The molecule has 0 saturated heterocycles. The van der Waals surface area contributed by atoms with E-state index < -0.39 is 0 Å². The molecule has 0 aromatic heterocycles. The van der Waals surface area contributed by atoms with Crippen LogP contribution in [-0.2, 0) is 16.2 Å². The number of ether oxygens (including phenoxy) is 4. The van der Waals surface area contributed by atoms with Gasteiger partial charge in [0.1, 0.15) is 0 Å². The van der Waals surface area contributed by atoms with E-state index in [9.17, 15) is 4.79 Å². The first-order valence-corrected chi connectivity index (χ1v) is 8.46. The Morgan fingerprint density at radius 1 is 0.893 bits per heavy atom. The van der Waals surface area contributed by atoms with Crippen LogP contribution in [0.25, 0.3) is 0 Å². The first kappa shape index (κ1) is 20.9. The Morgan fingerprint density at radius 2 is 1.50 bits per heavy atom. The van der Waals surface area contributed by atoms with Gasteiger partial charge in [-0.05, 0) is 35.9 Å². The van der Waals surface area contributed by atoms with E-state index in [0.717, 1.165) is 11.1 Å². The predicted molar refractivity (Wildman–Crippen MR) is 104 cm³/mol. The van der Waals surface area contributed by atoms with Crippen LogP contribution >= 0.6 is 0 Å². The quantitative estimate of drug-likeness (QED) is 0.497. The second-order valence-electron chi connectivity index (χ2n) is 5.59. The van der Waals surface area contributed by atoms with Gasteiger partial charge in [-0.1, -0.05) is 11.2 Å². The number of nitrogens with one attached hydrogen (secondary N) is 1. The normalized spacial score (nSPS) is 10.4. The van der Waals surface area contributed by atoms with Crippen molar-refractivity contribution in [1.29, 1.82) is 0 Å². The molecule has 0 bridgehead atoms. The number of amides is 1. The number of oxime groups is 1. The summed E-state index contributed by atoms with van der Waals surface area (Å²) >= 11 is 0. The average molecular weight is 388 g/mol. The van der Waals surface area contributed by atoms with Gasteiger partial charge in [0.05, 0.1) is 34.7 Å². The number of carbonyl (C=O) groups is 1. The van der Waals surface area contributed by atoms with Gasteiger partial charge >= 0.3 is 0 Å². The van der Waals surface area contributed by atoms with Crippen LogP contribution in [-0.4, -0.2) is 47.2 Å². The Kier molecular flexibility index (Phi) is 7.95. The van der Waals surface area contributed by atoms with Gasteiger partial charge in [-0.3, -0.25) is 4.79 Å². The smallest absolute Gasteiger partial charge is 0.261 e. The molecular weight excluding hydrogens is 364 g/mol. The van der Waals surface area contributed by atoms with Crippen LogP contribution in [0.5, 0.6) is 23.0 Å². The molecule has 0 fully saturated rings. The number of hydrogen-bond donors (Lipinski definition) is 1. The lowest BCUT2D eigenvalue weighted by molar-refractivity contribution is -0.125. The fraction of sp³-hybridized carbons (Fsp3) is 0.300. The van der Waals surface area contributed by atoms with Crippen molar-refractivity contribution in [3.8, 4) is 23.0 Å². The van der Waals surface area contributed by atoms with Gasteiger partial charge in [0.2, 0.25) is 0 Å². The summed E-state index contributed by atoms with van der Waals surface area (Å²) in [6.45, 7) is 0.138. The third kappa shape index (κ3) is 5.80. The van der Waals surface area contributed by atoms with E-state index in [4.69, 9.17) is 23.8 Å². The van der Waals surface area contributed by atoms with E-state index in [1.165, 1.54) is 6.21 Å². The second kappa shape index (κ2) is 10.7. The van der Waals surface area contributed by atoms with Crippen molar-refractivity contribution >= 4 is 12.1 Å². The fourth-order valence-electron chi connectivity index (χ4n) is 2.37. The van der Waals surface area contributed by atoms with E-state index >= 15 is 0 Å². The number of nitrogens with zero attached hydrogens (tertiary/aromatic N) is 1. The van der Waals surface area contributed by atoms with Crippen molar-refractivity contribution in [1.82, 2.24) is 5.32 Å². The summed E-state index contributed by atoms with van der Waals surface area (Å²) in [5.74, 6) is 2.14. The predicted octanol–water partition coefficient (Wildman–Crippen LogP) is 2.39. The Bertz CT molecular complexity index is 822. The van der Waals surface area contributed by atoms with Crippen LogP contribution in [0.15, 0.2) is 41.6 Å². The zero-order valence-electron chi connectivity index (χ0n) is 16.4. The highest BCUT2D eigenvalue weighted by Gasteiger charge is 2.07. The molecule has 2 aromatic carbocycles. The standard InChI is InChI=1S/C20H24N2O6/c1-24-16-7-5-14(9-18(16)26-3)11-21-20(23)13-28-22-12-15-6-8-17(25-2)19(10-15)27-4/h5-10,12H,11,13H2,1-4H3,(H,21,23)/b22-12+. The highest BCUT2D eigenvalue weighted by Crippen LogP contribution is 2.28. The molecule has 0 spiro atoms. The maximum atomic E-state index is 11.9. The maximum Gasteiger partial charge on any atom is 0.261 e. The Hall–Kier alpha value is -3.42. The molecule has 0 unspecified atom stereocenters. The van der Waals surface area contributed by atoms with Gasteiger partial charge in [0.15, 0.2) is 29.6 Å². The summed E-state index contributed by atoms with van der Waals surface area (Å²) in [6, 6.07) is 10.7. The average Bonchev–Trinajstić information content (AvgIpc) is 2.74. The van der Waals surface area contributed by atoms with E-state index in [2.05, 4.69) is 10.5 Å². The van der Waals surface area contributed by atoms with Gasteiger partial charge in [-0.2, -0.15) is 0 Å². The molecule has 1 amide bonds. The van der Waals surface area contributed by atoms with Crippen molar-refractivity contribution < 1.29 is 28.6 Å². The molecule has 0 saturated carbocycles. The van der Waals surface area contributed by atoms with E-state index in [0.29, 0.717) is 29.5 Å². The largest absolute Gasteiger partial charge is 0.493 e. The number of hydrogen-bond acceptors (Lipinski definition) is 7. The lowest BCUT2D eigenvalue weighted by Crippen LogP contribution is -2.26. The van der Waals surface area contributed by atoms with Crippen LogP contribution in [0.2, 0.25) is 0 Å². The van der Waals surface area contributed by atoms with Crippen molar-refractivity contribution in [3.05, 3.63) is 47.5 Å². The summed E-state index contributed by atoms with van der Waals surface area (Å²) in [5, 5.41) is 6.55. The summed E-state index contributed by atoms with van der Waals surface area (Å²) in [5.41, 5.74) is 1.63. The molecule has 150 valence electrons. The lowest BCUT2D eigenvalue weighted by Gasteiger charge is -2.10. The molecule has 0 radical (unpaired) electrons. The fourth-order valence-corrected chi connectivity index (χ4v) is 2.37. The van der Waals surface area contributed by atoms with Crippen molar-refractivity contribution in [2.24, 2.45) is 5.16 Å². The number of methoxy groups -OCH3 is 4. The van der Waals surface area contributed by atoms with Crippen LogP contribution in [0.1, 0.15) is 11.1 Å².